The van der Waals surface area contributed by atoms with Crippen LogP contribution >= 0.6 is 7.80 Å². The van der Waals surface area contributed by atoms with Crippen LogP contribution in [0.4, 0.5) is 4.79 Å². The number of carboxylic acid groups (broad SMARTS) is 1. The number of allylic oxidation sites excluding steroid dienone is 1. The largest absolute Gasteiger partial charge is 0.477 e. The molecule has 0 aliphatic rings. The molecular formula is C7H12NO6P. The molecule has 0 bridgehead atoms. The van der Waals surface area contributed by atoms with Crippen molar-refractivity contribution in [2.75, 3.05) is 19.6 Å². The summed E-state index contributed by atoms with van der Waals surface area (Å²) in [6.45, 7) is 0. The topological polar surface area (TPSA) is 113 Å². The van der Waals surface area contributed by atoms with Gasteiger partial charge in [0.25, 0.3) is 0 Å². The van der Waals surface area contributed by atoms with E-state index in [1.165, 1.54) is 0 Å². The lowest BCUT2D eigenvalue weighted by atomic mass is 10.4. The lowest BCUT2D eigenvalue weighted by molar-refractivity contribution is -0.133. The zero-order chi connectivity index (χ0) is 11.8. The van der Waals surface area contributed by atoms with Gasteiger partial charge in [-0.05, 0) is 6.08 Å². The normalized spacial score (nSPS) is 13.1. The standard InChI is InChI=1S/C7H12NO6P/c1-14-7(12)8-5(6(10)11)2-3-15(13)4-9/h2,9,15H,3-4H2,1H3,(H,8,12)(H,10,11)/b5-2+. The van der Waals surface area contributed by atoms with Gasteiger partial charge in [0.15, 0.2) is 0 Å². The van der Waals surface area contributed by atoms with Gasteiger partial charge in [-0.3, -0.25) is 5.32 Å². The number of ether oxygens (including phenoxy) is 1. The minimum Gasteiger partial charge on any atom is -0.477 e. The van der Waals surface area contributed by atoms with E-state index in [0.717, 1.165) is 13.2 Å². The highest BCUT2D eigenvalue weighted by molar-refractivity contribution is 7.44. The van der Waals surface area contributed by atoms with Gasteiger partial charge in [0.2, 0.25) is 0 Å². The Hall–Kier alpha value is -1.33. The Balaban J connectivity index is 4.45. The molecule has 1 atom stereocenters. The van der Waals surface area contributed by atoms with Gasteiger partial charge in [0, 0.05) is 6.16 Å². The van der Waals surface area contributed by atoms with Crippen LogP contribution in [0.5, 0.6) is 0 Å². The number of rotatable bonds is 5. The minimum atomic E-state index is -2.23. The first-order valence-corrected chi connectivity index (χ1v) is 5.74. The van der Waals surface area contributed by atoms with E-state index in [1.54, 1.807) is 0 Å². The van der Waals surface area contributed by atoms with E-state index in [1.807, 2.05) is 5.32 Å². The zero-order valence-corrected chi connectivity index (χ0v) is 9.02. The maximum atomic E-state index is 10.8. The SMILES string of the molecule is COC(=O)N/C(=C/C[PH](=O)CO)C(=O)O. The monoisotopic (exact) mass is 237 g/mol. The second kappa shape index (κ2) is 7.03. The molecule has 0 spiro atoms. The molecule has 0 radical (unpaired) electrons. The summed E-state index contributed by atoms with van der Waals surface area (Å²) in [6.07, 6.45) is -0.442. The molecule has 1 unspecified atom stereocenters. The second-order valence-corrected chi connectivity index (χ2v) is 4.24. The molecule has 1 amide bonds. The highest BCUT2D eigenvalue weighted by Gasteiger charge is 2.11. The van der Waals surface area contributed by atoms with Crippen LogP contribution in [0.15, 0.2) is 11.8 Å². The molecule has 3 N–H and O–H groups in total. The van der Waals surface area contributed by atoms with Gasteiger partial charge in [-0.25, -0.2) is 9.59 Å². The molecule has 8 heteroatoms. The molecule has 0 aromatic carbocycles. The summed E-state index contributed by atoms with van der Waals surface area (Å²) in [5.74, 6) is -1.37. The van der Waals surface area contributed by atoms with E-state index in [4.69, 9.17) is 10.2 Å². The second-order valence-electron chi connectivity index (χ2n) is 2.44. The summed E-state index contributed by atoms with van der Waals surface area (Å²) in [4.78, 5) is 21.2. The van der Waals surface area contributed by atoms with Crippen LogP contribution in [-0.4, -0.2) is 41.9 Å². The first-order chi connectivity index (χ1) is 7.01. The van der Waals surface area contributed by atoms with Gasteiger partial charge in [-0.1, -0.05) is 0 Å². The maximum absolute atomic E-state index is 10.8. The summed E-state index contributed by atoms with van der Waals surface area (Å²) in [5, 5.41) is 19.0. The number of nitrogens with one attached hydrogen (secondary N) is 1. The summed E-state index contributed by atoms with van der Waals surface area (Å²) in [5.41, 5.74) is -0.423. The summed E-state index contributed by atoms with van der Waals surface area (Å²) >= 11 is 0. The van der Waals surface area contributed by atoms with Crippen LogP contribution in [0.3, 0.4) is 0 Å². The van der Waals surface area contributed by atoms with Crippen molar-refractivity contribution in [2.45, 2.75) is 0 Å². The third kappa shape index (κ3) is 5.87. The van der Waals surface area contributed by atoms with E-state index in [9.17, 15) is 14.2 Å². The fourth-order valence-corrected chi connectivity index (χ4v) is 1.19. The quantitative estimate of drug-likeness (QED) is 0.451. The Kier molecular flexibility index (Phi) is 6.40. The van der Waals surface area contributed by atoms with Crippen molar-refractivity contribution >= 4 is 19.9 Å². The molecule has 15 heavy (non-hydrogen) atoms. The molecule has 0 aromatic heterocycles. The lowest BCUT2D eigenvalue weighted by Crippen LogP contribution is -2.27. The van der Waals surface area contributed by atoms with Gasteiger partial charge in [-0.15, -0.1) is 0 Å². The molecule has 0 rings (SSSR count). The van der Waals surface area contributed by atoms with Gasteiger partial charge < -0.3 is 19.5 Å². The number of aliphatic hydroxyl groups is 1. The van der Waals surface area contributed by atoms with Crippen molar-refractivity contribution in [3.8, 4) is 0 Å². The first kappa shape index (κ1) is 13.7. The number of hydrogen-bond donors (Lipinski definition) is 3. The van der Waals surface area contributed by atoms with Crippen LogP contribution in [0, 0.1) is 0 Å². The number of aliphatic carboxylic acids is 1. The predicted octanol–water partition coefficient (Wildman–Crippen LogP) is -0.180. The number of carbonyl (C=O) groups excluding carboxylic acids is 1. The molecule has 86 valence electrons. The third-order valence-corrected chi connectivity index (χ3v) is 2.37. The smallest absolute Gasteiger partial charge is 0.411 e. The van der Waals surface area contributed by atoms with Crippen LogP contribution < -0.4 is 5.32 Å². The van der Waals surface area contributed by atoms with Crippen molar-refractivity contribution in [2.24, 2.45) is 0 Å². The molecule has 0 saturated heterocycles. The molecule has 0 aliphatic heterocycles. The van der Waals surface area contributed by atoms with Crippen molar-refractivity contribution in [3.05, 3.63) is 11.8 Å². The van der Waals surface area contributed by atoms with Crippen LogP contribution in [0.2, 0.25) is 0 Å². The Labute approximate surface area is 86.5 Å². The minimum absolute atomic E-state index is 0.0905. The molecule has 0 fully saturated rings. The highest BCUT2D eigenvalue weighted by atomic mass is 31.1. The molecule has 0 heterocycles. The van der Waals surface area contributed by atoms with Gasteiger partial charge in [0.05, 0.1) is 13.5 Å². The van der Waals surface area contributed by atoms with Gasteiger partial charge in [0.1, 0.15) is 13.5 Å². The van der Waals surface area contributed by atoms with Gasteiger partial charge in [-0.2, -0.15) is 0 Å². The van der Waals surface area contributed by atoms with Crippen LogP contribution in [0.1, 0.15) is 0 Å². The fraction of sp³-hybridized carbons (Fsp3) is 0.429. The van der Waals surface area contributed by atoms with Crippen LogP contribution in [0.25, 0.3) is 0 Å². The van der Waals surface area contributed by atoms with Crippen molar-refractivity contribution in [1.82, 2.24) is 5.32 Å². The number of amides is 1. The maximum Gasteiger partial charge on any atom is 0.411 e. The molecule has 0 aliphatic carbocycles. The first-order valence-electron chi connectivity index (χ1n) is 3.92. The molecular weight excluding hydrogens is 225 g/mol. The predicted molar refractivity (Wildman–Crippen MR) is 52.2 cm³/mol. The Morgan fingerprint density at radius 3 is 2.53 bits per heavy atom. The molecule has 7 nitrogen and oxygen atoms in total. The third-order valence-electron chi connectivity index (χ3n) is 1.36. The molecule has 0 aromatic rings. The average Bonchev–Trinajstić information content (AvgIpc) is 2.22. The Bertz CT molecular complexity index is 300. The Morgan fingerprint density at radius 1 is 1.53 bits per heavy atom. The highest BCUT2D eigenvalue weighted by Crippen LogP contribution is 2.17. The number of hydrogen-bond acceptors (Lipinski definition) is 5. The number of methoxy groups -OCH3 is 1. The van der Waals surface area contributed by atoms with E-state index in [2.05, 4.69) is 4.74 Å². The van der Waals surface area contributed by atoms with E-state index in [0.29, 0.717) is 0 Å². The number of alkyl carbamates (subject to hydrolysis) is 1. The summed E-state index contributed by atoms with van der Waals surface area (Å²) in [7, 11) is -1.14. The summed E-state index contributed by atoms with van der Waals surface area (Å²) < 4.78 is 15.0. The number of carboxylic acids is 1. The Morgan fingerprint density at radius 2 is 2.13 bits per heavy atom. The summed E-state index contributed by atoms with van der Waals surface area (Å²) in [6, 6.07) is 0. The zero-order valence-electron chi connectivity index (χ0n) is 8.02. The van der Waals surface area contributed by atoms with Gasteiger partial charge >= 0.3 is 12.1 Å². The van der Waals surface area contributed by atoms with Crippen molar-refractivity contribution in [1.29, 1.82) is 0 Å². The number of aliphatic hydroxyl groups excluding tert-OH is 1. The van der Waals surface area contributed by atoms with Crippen molar-refractivity contribution in [3.63, 3.8) is 0 Å². The van der Waals surface area contributed by atoms with E-state index >= 15 is 0 Å². The number of carbonyl (C=O) groups is 2. The average molecular weight is 237 g/mol. The lowest BCUT2D eigenvalue weighted by Gasteiger charge is -2.03. The van der Waals surface area contributed by atoms with Crippen molar-refractivity contribution < 1.29 is 29.1 Å². The van der Waals surface area contributed by atoms with E-state index < -0.39 is 31.9 Å². The van der Waals surface area contributed by atoms with E-state index in [-0.39, 0.29) is 6.16 Å². The van der Waals surface area contributed by atoms with Crippen LogP contribution in [-0.2, 0) is 14.1 Å². The fourth-order valence-electron chi connectivity index (χ4n) is 0.633. The molecule has 0 saturated carbocycles.